The van der Waals surface area contributed by atoms with E-state index in [2.05, 4.69) is 41.7 Å². The lowest BCUT2D eigenvalue weighted by molar-refractivity contribution is 0.245. The van der Waals surface area contributed by atoms with E-state index in [1.165, 1.54) is 37.1 Å². The van der Waals surface area contributed by atoms with Crippen LogP contribution < -0.4 is 4.72 Å². The highest BCUT2D eigenvalue weighted by Crippen LogP contribution is 2.33. The lowest BCUT2D eigenvalue weighted by Gasteiger charge is -2.32. The Hall–Kier alpha value is -0.220. The molecule has 0 aromatic heterocycles. The fourth-order valence-electron chi connectivity index (χ4n) is 2.58. The molecule has 0 radical (unpaired) electrons. The van der Waals surface area contributed by atoms with Crippen LogP contribution in [0.2, 0.25) is 5.02 Å². The molecule has 19 heavy (non-hydrogen) atoms. The maximum Gasteiger partial charge on any atom is 0.0590 e. The predicted molar refractivity (Wildman–Crippen MR) is 85.9 cm³/mol. The van der Waals surface area contributed by atoms with E-state index in [0.717, 1.165) is 17.4 Å². The highest BCUT2D eigenvalue weighted by atomic mass is 35.5. The fourth-order valence-corrected chi connectivity index (χ4v) is 3.70. The Morgan fingerprint density at radius 2 is 2.11 bits per heavy atom. The van der Waals surface area contributed by atoms with Crippen LogP contribution in [-0.2, 0) is 0 Å². The third-order valence-electron chi connectivity index (χ3n) is 3.68. The van der Waals surface area contributed by atoms with Crippen molar-refractivity contribution in [2.75, 3.05) is 25.5 Å². The number of halogens is 1. The normalized spacial score (nSPS) is 17.8. The zero-order valence-electron chi connectivity index (χ0n) is 11.8. The van der Waals surface area contributed by atoms with E-state index in [0.29, 0.717) is 5.92 Å². The topological polar surface area (TPSA) is 15.3 Å². The molecule has 106 valence electrons. The molecule has 1 heterocycles. The molecule has 0 spiro atoms. The Kier molecular flexibility index (Phi) is 6.02. The number of piperidine rings is 1. The van der Waals surface area contributed by atoms with Gasteiger partial charge >= 0.3 is 0 Å². The summed E-state index contributed by atoms with van der Waals surface area (Å²) in [6, 6.07) is 6.48. The van der Waals surface area contributed by atoms with Gasteiger partial charge in [-0.25, -0.2) is 0 Å². The summed E-state index contributed by atoms with van der Waals surface area (Å²) in [5.74, 6) is 1.72. The lowest BCUT2D eigenvalue weighted by atomic mass is 9.89. The van der Waals surface area contributed by atoms with Crippen molar-refractivity contribution in [1.29, 1.82) is 0 Å². The van der Waals surface area contributed by atoms with Crippen LogP contribution in [0.25, 0.3) is 0 Å². The second-order valence-corrected chi connectivity index (χ2v) is 6.43. The largest absolute Gasteiger partial charge is 0.293 e. The standard InChI is InChI=1S/C15H23ClN2S/c1-3-17-19-11-18-8-6-13(7-9-18)14-5-4-12(2)10-15(14)16/h4-5,10,13,17H,3,6-9,11H2,1-2H3. The average Bonchev–Trinajstić information content (AvgIpc) is 2.40. The van der Waals surface area contributed by atoms with Gasteiger partial charge in [-0.1, -0.05) is 42.6 Å². The summed E-state index contributed by atoms with van der Waals surface area (Å²) in [7, 11) is 0. The zero-order valence-corrected chi connectivity index (χ0v) is 13.4. The van der Waals surface area contributed by atoms with Crippen molar-refractivity contribution in [1.82, 2.24) is 9.62 Å². The van der Waals surface area contributed by atoms with Gasteiger partial charge in [-0.3, -0.25) is 9.62 Å². The summed E-state index contributed by atoms with van der Waals surface area (Å²) in [5, 5.41) is 0.945. The van der Waals surface area contributed by atoms with Gasteiger partial charge in [0.15, 0.2) is 0 Å². The van der Waals surface area contributed by atoms with Crippen molar-refractivity contribution in [3.05, 3.63) is 34.3 Å². The van der Waals surface area contributed by atoms with Crippen molar-refractivity contribution in [2.24, 2.45) is 0 Å². The van der Waals surface area contributed by atoms with Crippen LogP contribution in [0.4, 0.5) is 0 Å². The summed E-state index contributed by atoms with van der Waals surface area (Å²) in [5.41, 5.74) is 2.58. The number of hydrogen-bond acceptors (Lipinski definition) is 3. The Bertz CT molecular complexity index is 403. The van der Waals surface area contributed by atoms with E-state index in [4.69, 9.17) is 11.6 Å². The SMILES string of the molecule is CCNSCN1CCC(c2ccc(C)cc2Cl)CC1. The van der Waals surface area contributed by atoms with Crippen molar-refractivity contribution >= 4 is 23.5 Å². The summed E-state index contributed by atoms with van der Waals surface area (Å²) < 4.78 is 3.31. The number of aryl methyl sites for hydroxylation is 1. The minimum absolute atomic E-state index is 0.633. The van der Waals surface area contributed by atoms with E-state index in [1.54, 1.807) is 0 Å². The molecular formula is C15H23ClN2S. The lowest BCUT2D eigenvalue weighted by Crippen LogP contribution is -2.33. The first-order valence-electron chi connectivity index (χ1n) is 7.03. The first-order valence-corrected chi connectivity index (χ1v) is 8.40. The van der Waals surface area contributed by atoms with Gasteiger partial charge < -0.3 is 0 Å². The first-order chi connectivity index (χ1) is 9.20. The highest BCUT2D eigenvalue weighted by molar-refractivity contribution is 7.97. The van der Waals surface area contributed by atoms with Gasteiger partial charge in [0.05, 0.1) is 5.88 Å². The fraction of sp³-hybridized carbons (Fsp3) is 0.600. The van der Waals surface area contributed by atoms with Crippen molar-refractivity contribution in [3.8, 4) is 0 Å². The Balaban J connectivity index is 1.85. The molecule has 4 heteroatoms. The predicted octanol–water partition coefficient (Wildman–Crippen LogP) is 4.04. The van der Waals surface area contributed by atoms with Crippen LogP contribution in [0.1, 0.15) is 36.8 Å². The molecule has 0 saturated carbocycles. The van der Waals surface area contributed by atoms with Gasteiger partial charge in [0.25, 0.3) is 0 Å². The first kappa shape index (κ1) is 15.2. The van der Waals surface area contributed by atoms with Crippen molar-refractivity contribution < 1.29 is 0 Å². The smallest absolute Gasteiger partial charge is 0.0590 e. The highest BCUT2D eigenvalue weighted by Gasteiger charge is 2.22. The van der Waals surface area contributed by atoms with Gasteiger partial charge in [-0.2, -0.15) is 0 Å². The third kappa shape index (κ3) is 4.38. The molecule has 0 atom stereocenters. The van der Waals surface area contributed by atoms with Gasteiger partial charge in [-0.05, 0) is 56.0 Å². The maximum absolute atomic E-state index is 6.37. The summed E-state index contributed by atoms with van der Waals surface area (Å²) in [6.45, 7) is 7.61. The third-order valence-corrected chi connectivity index (χ3v) is 4.99. The number of nitrogens with zero attached hydrogens (tertiary/aromatic N) is 1. The quantitative estimate of drug-likeness (QED) is 0.652. The molecule has 1 saturated heterocycles. The van der Waals surface area contributed by atoms with Crippen LogP contribution in [-0.4, -0.2) is 30.4 Å². The van der Waals surface area contributed by atoms with E-state index < -0.39 is 0 Å². The van der Waals surface area contributed by atoms with E-state index in [-0.39, 0.29) is 0 Å². The number of nitrogens with one attached hydrogen (secondary N) is 1. The van der Waals surface area contributed by atoms with Gasteiger partial charge in [0.2, 0.25) is 0 Å². The molecule has 0 aliphatic carbocycles. The molecule has 1 aliphatic rings. The number of likely N-dealkylation sites (tertiary alicyclic amines) is 1. The summed E-state index contributed by atoms with van der Waals surface area (Å²) in [6.07, 6.45) is 2.44. The molecule has 0 bridgehead atoms. The summed E-state index contributed by atoms with van der Waals surface area (Å²) >= 11 is 8.19. The molecule has 2 nitrogen and oxygen atoms in total. The molecule has 1 aromatic carbocycles. The molecule has 0 amide bonds. The van der Waals surface area contributed by atoms with Crippen molar-refractivity contribution in [2.45, 2.75) is 32.6 Å². The van der Waals surface area contributed by atoms with Crippen LogP contribution >= 0.6 is 23.5 Å². The second kappa shape index (κ2) is 7.53. The monoisotopic (exact) mass is 298 g/mol. The molecular weight excluding hydrogens is 276 g/mol. The van der Waals surface area contributed by atoms with E-state index in [9.17, 15) is 0 Å². The van der Waals surface area contributed by atoms with Crippen molar-refractivity contribution in [3.63, 3.8) is 0 Å². The molecule has 1 aliphatic heterocycles. The van der Waals surface area contributed by atoms with Gasteiger partial charge in [0.1, 0.15) is 0 Å². The molecule has 2 rings (SSSR count). The summed E-state index contributed by atoms with van der Waals surface area (Å²) in [4.78, 5) is 2.52. The Morgan fingerprint density at radius 1 is 1.37 bits per heavy atom. The number of benzene rings is 1. The number of hydrogen-bond donors (Lipinski definition) is 1. The maximum atomic E-state index is 6.37. The second-order valence-electron chi connectivity index (χ2n) is 5.19. The van der Waals surface area contributed by atoms with Crippen LogP contribution in [0.15, 0.2) is 18.2 Å². The van der Waals surface area contributed by atoms with Crippen LogP contribution in [0.3, 0.4) is 0 Å². The average molecular weight is 299 g/mol. The van der Waals surface area contributed by atoms with Gasteiger partial charge in [-0.15, -0.1) is 0 Å². The molecule has 1 fully saturated rings. The molecule has 0 unspecified atom stereocenters. The molecule has 1 aromatic rings. The van der Waals surface area contributed by atoms with Gasteiger partial charge in [0, 0.05) is 11.6 Å². The minimum atomic E-state index is 0.633. The number of rotatable bonds is 5. The Labute approximate surface area is 126 Å². The minimum Gasteiger partial charge on any atom is -0.293 e. The van der Waals surface area contributed by atoms with Crippen LogP contribution in [0, 0.1) is 6.92 Å². The molecule has 1 N–H and O–H groups in total. The van der Waals surface area contributed by atoms with E-state index >= 15 is 0 Å². The van der Waals surface area contributed by atoms with Crippen LogP contribution in [0.5, 0.6) is 0 Å². The zero-order chi connectivity index (χ0) is 13.7. The Morgan fingerprint density at radius 3 is 2.74 bits per heavy atom. The van der Waals surface area contributed by atoms with E-state index in [1.807, 2.05) is 11.9 Å².